The monoisotopic (exact) mass is 630 g/mol. The molecule has 246 valence electrons. The lowest BCUT2D eigenvalue weighted by molar-refractivity contribution is -0.232. The molecule has 46 heavy (non-hydrogen) atoms. The molecule has 2 aromatic carbocycles. The van der Waals surface area contributed by atoms with Gasteiger partial charge in [0.25, 0.3) is 0 Å². The molecule has 4 saturated carbocycles. The van der Waals surface area contributed by atoms with Crippen LogP contribution in [0, 0.1) is 34.0 Å². The maximum absolute atomic E-state index is 13.9. The molecule has 0 aliphatic heterocycles. The lowest BCUT2D eigenvalue weighted by Gasteiger charge is -2.66. The van der Waals surface area contributed by atoms with Gasteiger partial charge in [-0.25, -0.2) is 9.59 Å². The molecule has 2 bridgehead atoms. The minimum Gasteiger partial charge on any atom is -0.496 e. The zero-order chi connectivity index (χ0) is 32.9. The van der Waals surface area contributed by atoms with Crippen LogP contribution in [0.5, 0.6) is 11.5 Å². The van der Waals surface area contributed by atoms with Crippen molar-refractivity contribution >= 4 is 17.9 Å². The first kappa shape index (κ1) is 32.1. The Morgan fingerprint density at radius 2 is 1.41 bits per heavy atom. The Hall–Kier alpha value is -3.81. The van der Waals surface area contributed by atoms with Crippen molar-refractivity contribution in [3.8, 4) is 11.5 Å². The number of fused-ring (bicyclic) bond motifs is 3. The lowest BCUT2D eigenvalue weighted by Crippen LogP contribution is -2.66. The molecule has 0 N–H and O–H groups in total. The zero-order valence-corrected chi connectivity index (χ0v) is 27.6. The van der Waals surface area contributed by atoms with Crippen LogP contribution in [0.2, 0.25) is 0 Å². The maximum atomic E-state index is 13.9. The van der Waals surface area contributed by atoms with Crippen LogP contribution in [-0.4, -0.2) is 50.9 Å². The molecular formula is C38H46O8. The summed E-state index contributed by atoms with van der Waals surface area (Å²) in [5.74, 6) is 0.259. The van der Waals surface area contributed by atoms with Gasteiger partial charge in [0.15, 0.2) is 0 Å². The van der Waals surface area contributed by atoms with E-state index >= 15 is 0 Å². The van der Waals surface area contributed by atoms with Gasteiger partial charge in [-0.2, -0.15) is 0 Å². The molecule has 0 saturated heterocycles. The van der Waals surface area contributed by atoms with Crippen molar-refractivity contribution in [1.82, 2.24) is 0 Å². The minimum atomic E-state index is -0.737. The first-order chi connectivity index (χ1) is 22.0. The first-order valence-corrected chi connectivity index (χ1v) is 16.5. The van der Waals surface area contributed by atoms with E-state index in [0.29, 0.717) is 41.4 Å². The molecule has 0 aromatic heterocycles. The molecule has 0 radical (unpaired) electrons. The van der Waals surface area contributed by atoms with Crippen LogP contribution in [0.3, 0.4) is 0 Å². The van der Waals surface area contributed by atoms with Crippen molar-refractivity contribution in [2.24, 2.45) is 34.0 Å². The second kappa shape index (κ2) is 12.1. The minimum absolute atomic E-state index is 0.0694. The highest BCUT2D eigenvalue weighted by Gasteiger charge is 2.70. The summed E-state index contributed by atoms with van der Waals surface area (Å²) >= 11 is 0. The largest absolute Gasteiger partial charge is 0.496 e. The number of hydrogen-bond acceptors (Lipinski definition) is 8. The number of carbonyl (C=O) groups excluding carboxylic acids is 3. The second-order valence-electron chi connectivity index (χ2n) is 14.4. The Kier molecular flexibility index (Phi) is 8.45. The summed E-state index contributed by atoms with van der Waals surface area (Å²) in [6.07, 6.45) is 4.97. The van der Waals surface area contributed by atoms with Crippen molar-refractivity contribution in [1.29, 1.82) is 0 Å². The maximum Gasteiger partial charge on any atom is 0.342 e. The van der Waals surface area contributed by atoms with E-state index in [2.05, 4.69) is 20.4 Å². The smallest absolute Gasteiger partial charge is 0.342 e. The Labute approximate surface area is 271 Å². The Morgan fingerprint density at radius 3 is 2.00 bits per heavy atom. The molecule has 2 aromatic rings. The number of hydrogen-bond donors (Lipinski definition) is 0. The van der Waals surface area contributed by atoms with E-state index in [1.54, 1.807) is 37.4 Å². The van der Waals surface area contributed by atoms with Gasteiger partial charge in [-0.05, 0) is 92.4 Å². The zero-order valence-electron chi connectivity index (χ0n) is 27.6. The summed E-state index contributed by atoms with van der Waals surface area (Å²) in [5.41, 5.74) is 0.870. The van der Waals surface area contributed by atoms with Crippen LogP contribution in [0.25, 0.3) is 0 Å². The number of rotatable bonds is 8. The van der Waals surface area contributed by atoms with Gasteiger partial charge in [0.05, 0.1) is 14.2 Å². The van der Waals surface area contributed by atoms with Gasteiger partial charge in [-0.3, -0.25) is 4.79 Å². The SMILES string of the molecule is C=C1C[C@]23C[C@H]1CC[C@H]2[C@]1(C)CC[C@@H](OC(=O)c2ccccc2OC)[C@](C)(COC(C)=O)[C@H]1C[C@@H]3OC(=O)c1ccccc1OC. The van der Waals surface area contributed by atoms with E-state index in [4.69, 9.17) is 23.7 Å². The summed E-state index contributed by atoms with van der Waals surface area (Å²) in [5, 5.41) is 0. The van der Waals surface area contributed by atoms with E-state index in [0.717, 1.165) is 32.1 Å². The number of para-hydroxylation sites is 2. The van der Waals surface area contributed by atoms with Crippen LogP contribution in [0.1, 0.15) is 86.4 Å². The standard InChI is InChI=1S/C38H46O8/c1-23-20-38-21-25(23)15-16-30(38)36(3)18-17-32(45-34(40)26-11-7-9-13-28(26)42-5)37(4,22-44-24(2)39)31(36)19-33(38)46-35(41)27-12-8-10-14-29(27)43-6/h7-14,25,30-33H,1,15-22H2,2-6H3/t25-,30+,31+,32-,33+,36+,37-,38+/m1/s1. The van der Waals surface area contributed by atoms with Crippen molar-refractivity contribution in [3.05, 3.63) is 71.8 Å². The van der Waals surface area contributed by atoms with Crippen molar-refractivity contribution in [2.75, 3.05) is 20.8 Å². The lowest BCUT2D eigenvalue weighted by atomic mass is 9.40. The third kappa shape index (κ3) is 5.18. The molecule has 8 atom stereocenters. The molecule has 4 fully saturated rings. The van der Waals surface area contributed by atoms with Crippen LogP contribution in [0.4, 0.5) is 0 Å². The van der Waals surface area contributed by atoms with Gasteiger partial charge in [-0.1, -0.05) is 50.3 Å². The van der Waals surface area contributed by atoms with Crippen LogP contribution < -0.4 is 9.47 Å². The number of allylic oxidation sites excluding steroid dienone is 1. The van der Waals surface area contributed by atoms with Gasteiger partial charge in [0, 0.05) is 17.8 Å². The number of esters is 3. The number of ether oxygens (including phenoxy) is 5. The highest BCUT2D eigenvalue weighted by Crippen LogP contribution is 2.73. The predicted octanol–water partition coefficient (Wildman–Crippen LogP) is 7.21. The van der Waals surface area contributed by atoms with Gasteiger partial charge in [0.2, 0.25) is 0 Å². The molecule has 4 aliphatic carbocycles. The number of benzene rings is 2. The molecule has 8 nitrogen and oxygen atoms in total. The second-order valence-corrected chi connectivity index (χ2v) is 14.4. The fourth-order valence-corrected chi connectivity index (χ4v) is 10.1. The summed E-state index contributed by atoms with van der Waals surface area (Å²) in [6, 6.07) is 14.2. The third-order valence-electron chi connectivity index (χ3n) is 12.2. The summed E-state index contributed by atoms with van der Waals surface area (Å²) in [7, 11) is 3.08. The average Bonchev–Trinajstić information content (AvgIpc) is 3.30. The topological polar surface area (TPSA) is 97.4 Å². The van der Waals surface area contributed by atoms with E-state index in [1.807, 2.05) is 18.2 Å². The fourth-order valence-electron chi connectivity index (χ4n) is 10.1. The molecule has 8 heteroatoms. The fraction of sp³-hybridized carbons (Fsp3) is 0.553. The van der Waals surface area contributed by atoms with Crippen molar-refractivity contribution in [3.63, 3.8) is 0 Å². The molecule has 0 amide bonds. The van der Waals surface area contributed by atoms with Gasteiger partial charge < -0.3 is 23.7 Å². The van der Waals surface area contributed by atoms with E-state index in [-0.39, 0.29) is 35.2 Å². The summed E-state index contributed by atoms with van der Waals surface area (Å²) in [4.78, 5) is 39.8. The molecule has 0 unspecified atom stereocenters. The Bertz CT molecular complexity index is 1530. The molecule has 4 aliphatic rings. The highest BCUT2D eigenvalue weighted by molar-refractivity contribution is 5.93. The number of carbonyl (C=O) groups is 3. The molecular weight excluding hydrogens is 584 g/mol. The van der Waals surface area contributed by atoms with Gasteiger partial charge in [0.1, 0.15) is 41.4 Å². The molecule has 6 rings (SSSR count). The Balaban J connectivity index is 1.39. The van der Waals surface area contributed by atoms with E-state index in [1.165, 1.54) is 19.6 Å². The predicted molar refractivity (Wildman–Crippen MR) is 172 cm³/mol. The van der Waals surface area contributed by atoms with Gasteiger partial charge >= 0.3 is 17.9 Å². The van der Waals surface area contributed by atoms with Gasteiger partial charge in [-0.15, -0.1) is 0 Å². The average molecular weight is 631 g/mol. The first-order valence-electron chi connectivity index (χ1n) is 16.5. The summed E-state index contributed by atoms with van der Waals surface area (Å²) < 4.78 is 29.7. The highest BCUT2D eigenvalue weighted by atomic mass is 16.6. The van der Waals surface area contributed by atoms with E-state index in [9.17, 15) is 14.4 Å². The van der Waals surface area contributed by atoms with Crippen LogP contribution in [-0.2, 0) is 19.0 Å². The third-order valence-corrected chi connectivity index (χ3v) is 12.2. The van der Waals surface area contributed by atoms with Crippen molar-refractivity contribution < 1.29 is 38.1 Å². The molecule has 0 heterocycles. The number of methoxy groups -OCH3 is 2. The van der Waals surface area contributed by atoms with Crippen LogP contribution in [0.15, 0.2) is 60.7 Å². The summed E-state index contributed by atoms with van der Waals surface area (Å²) in [6.45, 7) is 10.4. The van der Waals surface area contributed by atoms with E-state index < -0.39 is 29.6 Å². The Morgan fingerprint density at radius 1 is 0.826 bits per heavy atom. The molecule has 1 spiro atoms. The van der Waals surface area contributed by atoms with Crippen LogP contribution >= 0.6 is 0 Å². The quantitative estimate of drug-likeness (QED) is 0.172. The normalized spacial score (nSPS) is 34.5. The van der Waals surface area contributed by atoms with Crippen molar-refractivity contribution in [2.45, 2.75) is 77.9 Å².